The summed E-state index contributed by atoms with van der Waals surface area (Å²) < 4.78 is 5.39. The van der Waals surface area contributed by atoms with Gasteiger partial charge in [-0.25, -0.2) is 0 Å². The van der Waals surface area contributed by atoms with Gasteiger partial charge in [0.15, 0.2) is 0 Å². The van der Waals surface area contributed by atoms with Crippen molar-refractivity contribution in [2.24, 2.45) is 0 Å². The first-order valence-corrected chi connectivity index (χ1v) is 4.76. The topological polar surface area (TPSA) is 12.5 Å². The molecule has 0 spiro atoms. The van der Waals surface area contributed by atoms with Gasteiger partial charge >= 0.3 is 0 Å². The molecule has 0 N–H and O–H groups in total. The lowest BCUT2D eigenvalue weighted by Crippen LogP contribution is -2.51. The molecule has 0 rings (SSSR count). The number of rotatable bonds is 5. The number of hydrogen-bond acceptors (Lipinski definition) is 2. The third kappa shape index (κ3) is 2.20. The number of methoxy groups -OCH3 is 1. The predicted molar refractivity (Wildman–Crippen MR) is 53.5 cm³/mol. The minimum absolute atomic E-state index is 0.170. The lowest BCUT2D eigenvalue weighted by molar-refractivity contribution is -0.0247. The van der Waals surface area contributed by atoms with E-state index in [1.807, 2.05) is 0 Å². The first-order chi connectivity index (χ1) is 5.52. The molecule has 0 fully saturated rings. The van der Waals surface area contributed by atoms with Crippen LogP contribution in [0.4, 0.5) is 0 Å². The van der Waals surface area contributed by atoms with Crippen molar-refractivity contribution >= 4 is 0 Å². The summed E-state index contributed by atoms with van der Waals surface area (Å²) in [5.74, 6) is 0. The van der Waals surface area contributed by atoms with Crippen LogP contribution in [0, 0.1) is 0 Å². The van der Waals surface area contributed by atoms with Crippen LogP contribution in [0.1, 0.15) is 34.1 Å². The minimum Gasteiger partial charge on any atom is -0.380 e. The van der Waals surface area contributed by atoms with E-state index in [1.54, 1.807) is 7.11 Å². The summed E-state index contributed by atoms with van der Waals surface area (Å²) >= 11 is 0. The highest BCUT2D eigenvalue weighted by molar-refractivity contribution is 4.88. The first kappa shape index (κ1) is 11.9. The molecular formula is C10H23NO. The summed E-state index contributed by atoms with van der Waals surface area (Å²) in [6.45, 7) is 9.84. The van der Waals surface area contributed by atoms with Crippen LogP contribution in [0.15, 0.2) is 0 Å². The minimum atomic E-state index is 0.170. The Hall–Kier alpha value is -0.0800. The van der Waals surface area contributed by atoms with Gasteiger partial charge in [0.25, 0.3) is 0 Å². The van der Waals surface area contributed by atoms with E-state index in [4.69, 9.17) is 4.74 Å². The smallest absolute Gasteiger partial charge is 0.0723 e. The number of nitrogens with zero attached hydrogens (tertiary/aromatic N) is 1. The van der Waals surface area contributed by atoms with Crippen molar-refractivity contribution in [3.05, 3.63) is 0 Å². The van der Waals surface area contributed by atoms with Gasteiger partial charge in [0.05, 0.1) is 6.10 Å². The molecule has 0 aromatic carbocycles. The maximum Gasteiger partial charge on any atom is 0.0723 e. The van der Waals surface area contributed by atoms with Crippen LogP contribution >= 0.6 is 0 Å². The lowest BCUT2D eigenvalue weighted by Gasteiger charge is -2.41. The number of likely N-dealkylation sites (N-methyl/N-ethyl adjacent to an activating group) is 1. The fraction of sp³-hybridized carbons (Fsp3) is 1.00. The molecule has 2 nitrogen and oxygen atoms in total. The predicted octanol–water partition coefficient (Wildman–Crippen LogP) is 2.14. The van der Waals surface area contributed by atoms with E-state index in [0.717, 1.165) is 13.0 Å². The van der Waals surface area contributed by atoms with Gasteiger partial charge in [-0.1, -0.05) is 13.8 Å². The van der Waals surface area contributed by atoms with Crippen LogP contribution in [-0.2, 0) is 4.74 Å². The summed E-state index contributed by atoms with van der Waals surface area (Å²) in [5, 5.41) is 0. The Balaban J connectivity index is 4.42. The van der Waals surface area contributed by atoms with Crippen LogP contribution < -0.4 is 0 Å². The van der Waals surface area contributed by atoms with E-state index < -0.39 is 0 Å². The largest absolute Gasteiger partial charge is 0.380 e. The average Bonchev–Trinajstić information content (AvgIpc) is 2.13. The van der Waals surface area contributed by atoms with E-state index >= 15 is 0 Å². The van der Waals surface area contributed by atoms with E-state index in [2.05, 4.69) is 39.6 Å². The molecule has 0 aliphatic carbocycles. The van der Waals surface area contributed by atoms with Crippen molar-refractivity contribution in [1.82, 2.24) is 4.90 Å². The van der Waals surface area contributed by atoms with Crippen molar-refractivity contribution in [2.45, 2.75) is 45.8 Å². The maximum atomic E-state index is 5.39. The van der Waals surface area contributed by atoms with Crippen molar-refractivity contribution < 1.29 is 4.74 Å². The van der Waals surface area contributed by atoms with Gasteiger partial charge in [0.1, 0.15) is 0 Å². The number of ether oxygens (including phenoxy) is 1. The lowest BCUT2D eigenvalue weighted by atomic mass is 9.91. The second-order valence-electron chi connectivity index (χ2n) is 3.60. The molecule has 0 aromatic rings. The first-order valence-electron chi connectivity index (χ1n) is 4.76. The Morgan fingerprint density at radius 3 is 2.17 bits per heavy atom. The molecule has 0 aliphatic heterocycles. The van der Waals surface area contributed by atoms with Gasteiger partial charge < -0.3 is 4.74 Å². The number of hydrogen-bond donors (Lipinski definition) is 0. The molecule has 0 bridgehead atoms. The summed E-state index contributed by atoms with van der Waals surface area (Å²) in [6, 6.07) is 0. The van der Waals surface area contributed by atoms with Crippen LogP contribution in [-0.4, -0.2) is 37.2 Å². The third-order valence-corrected chi connectivity index (χ3v) is 3.29. The molecule has 0 heterocycles. The second kappa shape index (κ2) is 4.83. The summed E-state index contributed by atoms with van der Waals surface area (Å²) in [7, 11) is 3.93. The Morgan fingerprint density at radius 1 is 1.42 bits per heavy atom. The van der Waals surface area contributed by atoms with E-state index in [1.165, 1.54) is 0 Å². The molecule has 12 heavy (non-hydrogen) atoms. The Morgan fingerprint density at radius 2 is 1.92 bits per heavy atom. The van der Waals surface area contributed by atoms with Crippen LogP contribution in [0.2, 0.25) is 0 Å². The van der Waals surface area contributed by atoms with Gasteiger partial charge in [0, 0.05) is 12.6 Å². The van der Waals surface area contributed by atoms with Crippen molar-refractivity contribution in [1.29, 1.82) is 0 Å². The highest BCUT2D eigenvalue weighted by Gasteiger charge is 2.32. The second-order valence-corrected chi connectivity index (χ2v) is 3.60. The van der Waals surface area contributed by atoms with Crippen molar-refractivity contribution in [3.8, 4) is 0 Å². The standard InChI is InChI=1S/C10H23NO/c1-7-10(4,9(3)12-6)11(5)8-2/h9H,7-8H2,1-6H3/t9-,10?/m0/s1. The molecule has 2 heteroatoms. The Kier molecular flexibility index (Phi) is 4.80. The van der Waals surface area contributed by atoms with E-state index in [9.17, 15) is 0 Å². The van der Waals surface area contributed by atoms with E-state index in [-0.39, 0.29) is 11.6 Å². The van der Waals surface area contributed by atoms with Gasteiger partial charge in [-0.3, -0.25) is 4.90 Å². The molecule has 2 atom stereocenters. The SMILES string of the molecule is CCN(C)C(C)(CC)[C@H](C)OC. The monoisotopic (exact) mass is 173 g/mol. The fourth-order valence-electron chi connectivity index (χ4n) is 1.48. The van der Waals surface area contributed by atoms with Crippen LogP contribution in [0.25, 0.3) is 0 Å². The summed E-state index contributed by atoms with van der Waals surface area (Å²) in [6.07, 6.45) is 1.40. The molecule has 1 unspecified atom stereocenters. The van der Waals surface area contributed by atoms with Gasteiger partial charge in [0.2, 0.25) is 0 Å². The van der Waals surface area contributed by atoms with Gasteiger partial charge in [-0.2, -0.15) is 0 Å². The molecule has 0 aromatic heterocycles. The molecule has 74 valence electrons. The maximum absolute atomic E-state index is 5.39. The molecule has 0 saturated carbocycles. The van der Waals surface area contributed by atoms with Crippen LogP contribution in [0.3, 0.4) is 0 Å². The third-order valence-electron chi connectivity index (χ3n) is 3.29. The fourth-order valence-corrected chi connectivity index (χ4v) is 1.48. The quantitative estimate of drug-likeness (QED) is 0.631. The van der Waals surface area contributed by atoms with Gasteiger partial charge in [-0.05, 0) is 33.9 Å². The zero-order valence-electron chi connectivity index (χ0n) is 9.35. The van der Waals surface area contributed by atoms with Crippen molar-refractivity contribution in [2.75, 3.05) is 20.7 Å². The summed E-state index contributed by atoms with van der Waals surface area (Å²) in [4.78, 5) is 2.35. The molecule has 0 radical (unpaired) electrons. The highest BCUT2D eigenvalue weighted by Crippen LogP contribution is 2.23. The Labute approximate surface area is 76.9 Å². The molecular weight excluding hydrogens is 150 g/mol. The van der Waals surface area contributed by atoms with Crippen molar-refractivity contribution in [3.63, 3.8) is 0 Å². The average molecular weight is 173 g/mol. The normalized spacial score (nSPS) is 19.2. The van der Waals surface area contributed by atoms with Crippen LogP contribution in [0.5, 0.6) is 0 Å². The molecule has 0 amide bonds. The Bertz CT molecular complexity index is 115. The molecule has 0 saturated heterocycles. The summed E-state index contributed by atoms with van der Waals surface area (Å²) in [5.41, 5.74) is 0.170. The van der Waals surface area contributed by atoms with Gasteiger partial charge in [-0.15, -0.1) is 0 Å². The zero-order chi connectivity index (χ0) is 9.78. The van der Waals surface area contributed by atoms with E-state index in [0.29, 0.717) is 0 Å². The highest BCUT2D eigenvalue weighted by atomic mass is 16.5. The molecule has 0 aliphatic rings. The zero-order valence-corrected chi connectivity index (χ0v) is 9.35.